The predicted molar refractivity (Wildman–Crippen MR) is 85.0 cm³/mol. The second-order valence-electron chi connectivity index (χ2n) is 4.76. The lowest BCUT2D eigenvalue weighted by atomic mass is 10.1. The average Bonchev–Trinajstić information content (AvgIpc) is 2.52. The zero-order chi connectivity index (χ0) is 15.1. The summed E-state index contributed by atoms with van der Waals surface area (Å²) in [7, 11) is 0. The highest BCUT2D eigenvalue weighted by Crippen LogP contribution is 2.18. The SMILES string of the molecule is C[C@@H](NC/C=C/c1ccccc1[N+](=O)[O-])c1ccccc1. The van der Waals surface area contributed by atoms with Crippen molar-refractivity contribution in [3.63, 3.8) is 0 Å². The van der Waals surface area contributed by atoms with Crippen molar-refractivity contribution in [1.82, 2.24) is 5.32 Å². The minimum atomic E-state index is -0.361. The molecule has 0 heterocycles. The Labute approximate surface area is 124 Å². The fourth-order valence-electron chi connectivity index (χ4n) is 2.09. The Morgan fingerprint density at radius 1 is 1.14 bits per heavy atom. The molecule has 2 aromatic carbocycles. The smallest absolute Gasteiger partial charge is 0.276 e. The van der Waals surface area contributed by atoms with Gasteiger partial charge in [-0.25, -0.2) is 0 Å². The molecule has 0 aliphatic carbocycles. The van der Waals surface area contributed by atoms with E-state index >= 15 is 0 Å². The second-order valence-corrected chi connectivity index (χ2v) is 4.76. The molecular weight excluding hydrogens is 264 g/mol. The van der Waals surface area contributed by atoms with Gasteiger partial charge in [-0.3, -0.25) is 10.1 Å². The third-order valence-corrected chi connectivity index (χ3v) is 3.27. The molecule has 0 aliphatic heterocycles. The first-order chi connectivity index (χ1) is 10.2. The Hall–Kier alpha value is -2.46. The first kappa shape index (κ1) is 14.9. The third-order valence-electron chi connectivity index (χ3n) is 3.27. The maximum Gasteiger partial charge on any atom is 0.276 e. The topological polar surface area (TPSA) is 55.2 Å². The van der Waals surface area contributed by atoms with Gasteiger partial charge in [-0.2, -0.15) is 0 Å². The summed E-state index contributed by atoms with van der Waals surface area (Å²) in [5.41, 5.74) is 1.97. The van der Waals surface area contributed by atoms with Crippen molar-refractivity contribution in [3.05, 3.63) is 81.9 Å². The predicted octanol–water partition coefficient (Wildman–Crippen LogP) is 3.96. The molecule has 0 unspecified atom stereocenters. The number of nitrogens with one attached hydrogen (secondary N) is 1. The van der Waals surface area contributed by atoms with Crippen LogP contribution >= 0.6 is 0 Å². The average molecular weight is 282 g/mol. The number of rotatable bonds is 6. The van der Waals surface area contributed by atoms with E-state index in [1.165, 1.54) is 11.6 Å². The molecule has 4 nitrogen and oxygen atoms in total. The highest BCUT2D eigenvalue weighted by molar-refractivity contribution is 5.60. The summed E-state index contributed by atoms with van der Waals surface area (Å²) in [5.74, 6) is 0. The summed E-state index contributed by atoms with van der Waals surface area (Å²) in [6.45, 7) is 2.75. The van der Waals surface area contributed by atoms with Gasteiger partial charge >= 0.3 is 0 Å². The largest absolute Gasteiger partial charge is 0.307 e. The van der Waals surface area contributed by atoms with Gasteiger partial charge in [-0.15, -0.1) is 0 Å². The summed E-state index contributed by atoms with van der Waals surface area (Å²) in [6, 6.07) is 17.1. The van der Waals surface area contributed by atoms with Crippen LogP contribution in [0.25, 0.3) is 6.08 Å². The fraction of sp³-hybridized carbons (Fsp3) is 0.176. The van der Waals surface area contributed by atoms with Gasteiger partial charge < -0.3 is 5.32 Å². The minimum Gasteiger partial charge on any atom is -0.307 e. The van der Waals surface area contributed by atoms with Crippen molar-refractivity contribution in [2.24, 2.45) is 0 Å². The third kappa shape index (κ3) is 4.26. The van der Waals surface area contributed by atoms with E-state index in [0.29, 0.717) is 12.1 Å². The molecular formula is C17H18N2O2. The molecule has 0 saturated carbocycles. The first-order valence-electron chi connectivity index (χ1n) is 6.87. The number of nitrogens with zero attached hydrogens (tertiary/aromatic N) is 1. The number of hydrogen-bond donors (Lipinski definition) is 1. The first-order valence-corrected chi connectivity index (χ1v) is 6.87. The molecule has 0 aromatic heterocycles. The summed E-state index contributed by atoms with van der Waals surface area (Å²) in [5, 5.41) is 14.3. The number of para-hydroxylation sites is 1. The molecule has 2 aromatic rings. The van der Waals surface area contributed by atoms with Gasteiger partial charge in [0.1, 0.15) is 0 Å². The van der Waals surface area contributed by atoms with Gasteiger partial charge in [0.15, 0.2) is 0 Å². The molecule has 0 amide bonds. The van der Waals surface area contributed by atoms with Crippen molar-refractivity contribution >= 4 is 11.8 Å². The van der Waals surface area contributed by atoms with Crippen LogP contribution in [0.4, 0.5) is 5.69 Å². The molecule has 2 rings (SSSR count). The molecule has 0 saturated heterocycles. The Morgan fingerprint density at radius 2 is 1.81 bits per heavy atom. The molecule has 108 valence electrons. The van der Waals surface area contributed by atoms with Crippen molar-refractivity contribution in [3.8, 4) is 0 Å². The summed E-state index contributed by atoms with van der Waals surface area (Å²) in [4.78, 5) is 10.5. The molecule has 0 aliphatic rings. The Morgan fingerprint density at radius 3 is 2.52 bits per heavy atom. The summed E-state index contributed by atoms with van der Waals surface area (Å²) >= 11 is 0. The maximum absolute atomic E-state index is 10.9. The van der Waals surface area contributed by atoms with Crippen molar-refractivity contribution < 1.29 is 4.92 Å². The molecule has 0 radical (unpaired) electrons. The molecule has 0 bridgehead atoms. The van der Waals surface area contributed by atoms with E-state index in [4.69, 9.17) is 0 Å². The highest BCUT2D eigenvalue weighted by Gasteiger charge is 2.09. The van der Waals surface area contributed by atoms with E-state index in [-0.39, 0.29) is 16.7 Å². The molecule has 1 atom stereocenters. The lowest BCUT2D eigenvalue weighted by molar-refractivity contribution is -0.385. The Balaban J connectivity index is 1.93. The van der Waals surface area contributed by atoms with Crippen molar-refractivity contribution in [2.75, 3.05) is 6.54 Å². The van der Waals surface area contributed by atoms with Gasteiger partial charge in [0.25, 0.3) is 5.69 Å². The van der Waals surface area contributed by atoms with Crippen molar-refractivity contribution in [2.45, 2.75) is 13.0 Å². The normalized spacial score (nSPS) is 12.4. The van der Waals surface area contributed by atoms with Crippen molar-refractivity contribution in [1.29, 1.82) is 0 Å². The van der Waals surface area contributed by atoms with Crippen LogP contribution in [0.1, 0.15) is 24.1 Å². The van der Waals surface area contributed by atoms with Gasteiger partial charge in [-0.05, 0) is 18.6 Å². The lowest BCUT2D eigenvalue weighted by Gasteiger charge is -2.12. The lowest BCUT2D eigenvalue weighted by Crippen LogP contribution is -2.18. The van der Waals surface area contributed by atoms with Gasteiger partial charge in [-0.1, -0.05) is 54.6 Å². The van der Waals surface area contributed by atoms with E-state index in [0.717, 1.165) is 0 Å². The van der Waals surface area contributed by atoms with E-state index in [9.17, 15) is 10.1 Å². The minimum absolute atomic E-state index is 0.129. The van der Waals surface area contributed by atoms with E-state index in [2.05, 4.69) is 24.4 Å². The molecule has 0 fully saturated rings. The van der Waals surface area contributed by atoms with E-state index in [1.54, 1.807) is 24.3 Å². The quantitative estimate of drug-likeness (QED) is 0.644. The van der Waals surface area contributed by atoms with Crippen LogP contribution in [0.2, 0.25) is 0 Å². The Bertz CT molecular complexity index is 624. The molecule has 1 N–H and O–H groups in total. The number of benzene rings is 2. The fourth-order valence-corrected chi connectivity index (χ4v) is 2.09. The zero-order valence-corrected chi connectivity index (χ0v) is 11.9. The monoisotopic (exact) mass is 282 g/mol. The summed E-state index contributed by atoms with van der Waals surface area (Å²) in [6.07, 6.45) is 3.69. The van der Waals surface area contributed by atoms with Gasteiger partial charge in [0.05, 0.1) is 10.5 Å². The van der Waals surface area contributed by atoms with E-state index < -0.39 is 0 Å². The van der Waals surface area contributed by atoms with Crippen LogP contribution in [0.15, 0.2) is 60.7 Å². The van der Waals surface area contributed by atoms with Crippen LogP contribution in [0, 0.1) is 10.1 Å². The van der Waals surface area contributed by atoms with Crippen LogP contribution < -0.4 is 5.32 Å². The Kier molecular flexibility index (Phi) is 5.23. The highest BCUT2D eigenvalue weighted by atomic mass is 16.6. The number of nitro benzene ring substituents is 1. The maximum atomic E-state index is 10.9. The van der Waals surface area contributed by atoms with E-state index in [1.807, 2.05) is 24.3 Å². The standard InChI is InChI=1S/C17H18N2O2/c1-14(15-8-3-2-4-9-15)18-13-7-11-16-10-5-6-12-17(16)19(20)21/h2-12,14,18H,13H2,1H3/b11-7+/t14-/m1/s1. The van der Waals surface area contributed by atoms with Gasteiger partial charge in [0.2, 0.25) is 0 Å². The van der Waals surface area contributed by atoms with Crippen LogP contribution in [-0.4, -0.2) is 11.5 Å². The van der Waals surface area contributed by atoms with Crippen LogP contribution in [0.3, 0.4) is 0 Å². The van der Waals surface area contributed by atoms with Crippen LogP contribution in [0.5, 0.6) is 0 Å². The number of hydrogen-bond acceptors (Lipinski definition) is 3. The molecule has 4 heteroatoms. The van der Waals surface area contributed by atoms with Gasteiger partial charge in [0, 0.05) is 18.7 Å². The molecule has 21 heavy (non-hydrogen) atoms. The zero-order valence-electron chi connectivity index (χ0n) is 11.9. The molecule has 0 spiro atoms. The van der Waals surface area contributed by atoms with Crippen LogP contribution in [-0.2, 0) is 0 Å². The number of nitro groups is 1. The summed E-state index contributed by atoms with van der Waals surface area (Å²) < 4.78 is 0. The second kappa shape index (κ2) is 7.36.